The Morgan fingerprint density at radius 2 is 1.92 bits per heavy atom. The highest BCUT2D eigenvalue weighted by molar-refractivity contribution is 6.06. The predicted octanol–water partition coefficient (Wildman–Crippen LogP) is 5.48. The first kappa shape index (κ1) is 14.4. The van der Waals surface area contributed by atoms with Crippen LogP contribution in [0.25, 0.3) is 21.8 Å². The minimum atomic E-state index is 0.716. The van der Waals surface area contributed by atoms with Crippen molar-refractivity contribution in [3.63, 3.8) is 0 Å². The van der Waals surface area contributed by atoms with Gasteiger partial charge in [0.2, 0.25) is 0 Å². The molecule has 0 aliphatic heterocycles. The average Bonchev–Trinajstić information content (AvgIpc) is 2.81. The van der Waals surface area contributed by atoms with Crippen molar-refractivity contribution in [2.45, 2.75) is 52.4 Å². The summed E-state index contributed by atoms with van der Waals surface area (Å²) in [5.74, 6) is 2.43. The number of rotatable bonds is 0. The number of benzene rings is 1. The highest BCUT2D eigenvalue weighted by Gasteiger charge is 2.37. The SMILES string of the molecule is Cc1ccc2c(n1)c(C)cc1c3c(cnc12)CCC1CC(C)C3C1. The number of pyridine rings is 2. The molecule has 0 amide bonds. The van der Waals surface area contributed by atoms with E-state index in [1.165, 1.54) is 47.6 Å². The summed E-state index contributed by atoms with van der Waals surface area (Å²) >= 11 is 0. The van der Waals surface area contributed by atoms with E-state index in [0.29, 0.717) is 5.92 Å². The third-order valence-electron chi connectivity index (χ3n) is 6.44. The zero-order valence-electron chi connectivity index (χ0n) is 14.8. The van der Waals surface area contributed by atoms with E-state index in [2.05, 4.69) is 45.2 Å². The van der Waals surface area contributed by atoms with Crippen molar-refractivity contribution in [3.05, 3.63) is 46.8 Å². The van der Waals surface area contributed by atoms with Gasteiger partial charge in [-0.05, 0) is 92.2 Å². The fourth-order valence-electron chi connectivity index (χ4n) is 5.29. The molecule has 2 heteroatoms. The van der Waals surface area contributed by atoms with Gasteiger partial charge in [0.1, 0.15) is 0 Å². The Hall–Kier alpha value is -1.96. The maximum absolute atomic E-state index is 4.90. The molecule has 0 N–H and O–H groups in total. The summed E-state index contributed by atoms with van der Waals surface area (Å²) in [6.07, 6.45) is 7.49. The molecule has 0 radical (unpaired) electrons. The lowest BCUT2D eigenvalue weighted by Crippen LogP contribution is -2.08. The number of hydrogen-bond acceptors (Lipinski definition) is 2. The lowest BCUT2D eigenvalue weighted by atomic mass is 9.83. The minimum Gasteiger partial charge on any atom is -0.255 e. The molecule has 0 spiro atoms. The van der Waals surface area contributed by atoms with Gasteiger partial charge in [0, 0.05) is 22.7 Å². The van der Waals surface area contributed by atoms with E-state index in [1.54, 1.807) is 5.56 Å². The van der Waals surface area contributed by atoms with Gasteiger partial charge < -0.3 is 0 Å². The maximum Gasteiger partial charge on any atom is 0.0799 e. The molecule has 3 atom stereocenters. The Bertz CT molecular complexity index is 973. The molecule has 2 aliphatic rings. The predicted molar refractivity (Wildman–Crippen MR) is 99.5 cm³/mol. The third-order valence-corrected chi connectivity index (χ3v) is 6.44. The molecule has 2 heterocycles. The Labute approximate surface area is 143 Å². The number of aromatic nitrogens is 2. The van der Waals surface area contributed by atoms with Crippen LogP contribution >= 0.6 is 0 Å². The molecule has 2 aromatic heterocycles. The van der Waals surface area contributed by atoms with E-state index >= 15 is 0 Å². The molecule has 1 saturated carbocycles. The van der Waals surface area contributed by atoms with Crippen LogP contribution < -0.4 is 0 Å². The van der Waals surface area contributed by atoms with Crippen LogP contribution in [0.15, 0.2) is 24.4 Å². The molecule has 24 heavy (non-hydrogen) atoms. The Morgan fingerprint density at radius 3 is 2.79 bits per heavy atom. The van der Waals surface area contributed by atoms with Crippen LogP contribution in [-0.4, -0.2) is 9.97 Å². The summed E-state index contributed by atoms with van der Waals surface area (Å²) in [5.41, 5.74) is 7.73. The molecule has 1 fully saturated rings. The molecule has 2 aliphatic carbocycles. The number of nitrogens with zero attached hydrogens (tertiary/aromatic N) is 2. The largest absolute Gasteiger partial charge is 0.255 e. The second-order valence-corrected chi connectivity index (χ2v) is 8.10. The van der Waals surface area contributed by atoms with Gasteiger partial charge in [0.05, 0.1) is 11.0 Å². The molecule has 1 aromatic carbocycles. The fraction of sp³-hybridized carbons (Fsp3) is 0.455. The Kier molecular flexibility index (Phi) is 3.01. The molecule has 3 unspecified atom stereocenters. The molecule has 2 bridgehead atoms. The van der Waals surface area contributed by atoms with E-state index in [1.807, 2.05) is 0 Å². The number of fused-ring (bicyclic) bond motifs is 8. The van der Waals surface area contributed by atoms with Crippen LogP contribution in [-0.2, 0) is 6.42 Å². The highest BCUT2D eigenvalue weighted by atomic mass is 14.7. The van der Waals surface area contributed by atoms with Crippen molar-refractivity contribution < 1.29 is 0 Å². The first-order valence-corrected chi connectivity index (χ1v) is 9.30. The minimum absolute atomic E-state index is 0.716. The van der Waals surface area contributed by atoms with Gasteiger partial charge in [0.25, 0.3) is 0 Å². The summed E-state index contributed by atoms with van der Waals surface area (Å²) in [5, 5.41) is 2.60. The van der Waals surface area contributed by atoms with Gasteiger partial charge >= 0.3 is 0 Å². The first-order chi connectivity index (χ1) is 11.6. The van der Waals surface area contributed by atoms with Gasteiger partial charge in [-0.25, -0.2) is 0 Å². The Morgan fingerprint density at radius 1 is 1.04 bits per heavy atom. The molecular formula is C22H24N2. The number of hydrogen-bond donors (Lipinski definition) is 0. The van der Waals surface area contributed by atoms with Gasteiger partial charge in [0.15, 0.2) is 0 Å². The molecule has 5 rings (SSSR count). The maximum atomic E-state index is 4.90. The second-order valence-electron chi connectivity index (χ2n) is 8.10. The topological polar surface area (TPSA) is 25.8 Å². The standard InChI is InChI=1S/C22H24N2/c1-12-8-15-5-6-16-11-23-22-17-7-4-14(3)24-21(17)13(2)9-19(22)20(16)18(12)10-15/h4,7,9,11-12,15,18H,5-6,8,10H2,1-3H3. The van der Waals surface area contributed by atoms with Crippen LogP contribution in [0, 0.1) is 25.7 Å². The van der Waals surface area contributed by atoms with Crippen molar-refractivity contribution in [1.82, 2.24) is 9.97 Å². The normalized spacial score (nSPS) is 25.9. The fourth-order valence-corrected chi connectivity index (χ4v) is 5.29. The average molecular weight is 316 g/mol. The zero-order chi connectivity index (χ0) is 16.4. The summed E-state index contributed by atoms with van der Waals surface area (Å²) < 4.78 is 0. The smallest absolute Gasteiger partial charge is 0.0799 e. The monoisotopic (exact) mass is 316 g/mol. The van der Waals surface area contributed by atoms with Gasteiger partial charge in [-0.1, -0.05) is 6.92 Å². The van der Waals surface area contributed by atoms with Crippen LogP contribution in [0.3, 0.4) is 0 Å². The highest BCUT2D eigenvalue weighted by Crippen LogP contribution is 2.50. The van der Waals surface area contributed by atoms with Crippen LogP contribution in [0.1, 0.15) is 54.5 Å². The quantitative estimate of drug-likeness (QED) is 0.513. The summed E-state index contributed by atoms with van der Waals surface area (Å²) in [4.78, 5) is 9.68. The molecule has 122 valence electrons. The van der Waals surface area contributed by atoms with Crippen LogP contribution in [0.4, 0.5) is 0 Å². The third kappa shape index (κ3) is 1.95. The van der Waals surface area contributed by atoms with Gasteiger partial charge in [-0.15, -0.1) is 0 Å². The van der Waals surface area contributed by atoms with E-state index in [-0.39, 0.29) is 0 Å². The van der Waals surface area contributed by atoms with E-state index < -0.39 is 0 Å². The van der Waals surface area contributed by atoms with Crippen molar-refractivity contribution in [2.24, 2.45) is 11.8 Å². The Balaban J connectivity index is 1.88. The van der Waals surface area contributed by atoms with Crippen LogP contribution in [0.2, 0.25) is 0 Å². The van der Waals surface area contributed by atoms with E-state index in [0.717, 1.165) is 28.6 Å². The summed E-state index contributed by atoms with van der Waals surface area (Å²) in [6, 6.07) is 6.69. The van der Waals surface area contributed by atoms with Gasteiger partial charge in [-0.2, -0.15) is 0 Å². The van der Waals surface area contributed by atoms with Crippen molar-refractivity contribution >= 4 is 21.8 Å². The number of aryl methyl sites for hydroxylation is 3. The van der Waals surface area contributed by atoms with Crippen molar-refractivity contribution in [1.29, 1.82) is 0 Å². The first-order valence-electron chi connectivity index (χ1n) is 9.30. The molecular weight excluding hydrogens is 292 g/mol. The second kappa shape index (κ2) is 5.02. The van der Waals surface area contributed by atoms with E-state index in [4.69, 9.17) is 9.97 Å². The van der Waals surface area contributed by atoms with Crippen molar-refractivity contribution in [3.8, 4) is 0 Å². The summed E-state index contributed by atoms with van der Waals surface area (Å²) in [6.45, 7) is 6.71. The molecule has 3 aromatic rings. The van der Waals surface area contributed by atoms with Crippen LogP contribution in [0.5, 0.6) is 0 Å². The van der Waals surface area contributed by atoms with Gasteiger partial charge in [-0.3, -0.25) is 9.97 Å². The van der Waals surface area contributed by atoms with Crippen molar-refractivity contribution in [2.75, 3.05) is 0 Å². The van der Waals surface area contributed by atoms with E-state index in [9.17, 15) is 0 Å². The molecule has 0 saturated heterocycles. The lowest BCUT2D eigenvalue weighted by molar-refractivity contribution is 0.473. The zero-order valence-corrected chi connectivity index (χ0v) is 14.8. The molecule has 2 nitrogen and oxygen atoms in total. The summed E-state index contributed by atoms with van der Waals surface area (Å²) in [7, 11) is 0. The lowest BCUT2D eigenvalue weighted by Gasteiger charge is -2.22.